The van der Waals surface area contributed by atoms with E-state index in [-0.39, 0.29) is 6.61 Å². The minimum absolute atomic E-state index is 0.172. The summed E-state index contributed by atoms with van der Waals surface area (Å²) in [6.07, 6.45) is 4.83. The standard InChI is InChI=1S/C15H15BrN4O3/c1-22-2-3-23-14-5-10(16)4-13-12(14)7-18-20(13)15-8-17-6-11(9-21)19-15/h4-8,21H,2-3,9H2,1H3. The van der Waals surface area contributed by atoms with Crippen LogP contribution in [0.1, 0.15) is 5.69 Å². The molecule has 0 fully saturated rings. The Bertz CT molecular complexity index is 822. The smallest absolute Gasteiger partial charge is 0.172 e. The summed E-state index contributed by atoms with van der Waals surface area (Å²) in [6, 6.07) is 3.82. The number of aromatic nitrogens is 4. The predicted octanol–water partition coefficient (Wildman–Crippen LogP) is 2.10. The summed E-state index contributed by atoms with van der Waals surface area (Å²) >= 11 is 3.48. The predicted molar refractivity (Wildman–Crippen MR) is 87.7 cm³/mol. The lowest BCUT2D eigenvalue weighted by atomic mass is 10.2. The van der Waals surface area contributed by atoms with E-state index in [0.717, 1.165) is 15.4 Å². The van der Waals surface area contributed by atoms with Crippen LogP contribution in [0.3, 0.4) is 0 Å². The van der Waals surface area contributed by atoms with E-state index in [1.54, 1.807) is 24.2 Å². The maximum absolute atomic E-state index is 9.21. The molecule has 23 heavy (non-hydrogen) atoms. The number of aliphatic hydroxyl groups excluding tert-OH is 1. The van der Waals surface area contributed by atoms with Crippen molar-refractivity contribution >= 4 is 26.8 Å². The molecular formula is C15H15BrN4O3. The molecule has 0 bridgehead atoms. The van der Waals surface area contributed by atoms with Crippen molar-refractivity contribution in [1.29, 1.82) is 0 Å². The first-order valence-corrected chi connectivity index (χ1v) is 7.73. The van der Waals surface area contributed by atoms with Crippen LogP contribution < -0.4 is 4.74 Å². The van der Waals surface area contributed by atoms with Gasteiger partial charge in [-0.25, -0.2) is 9.67 Å². The van der Waals surface area contributed by atoms with Gasteiger partial charge in [0.05, 0.1) is 48.4 Å². The highest BCUT2D eigenvalue weighted by Crippen LogP contribution is 2.31. The summed E-state index contributed by atoms with van der Waals surface area (Å²) in [5.41, 5.74) is 1.31. The SMILES string of the molecule is COCCOc1cc(Br)cc2c1cnn2-c1cncc(CO)n1. The monoisotopic (exact) mass is 378 g/mol. The molecule has 1 N–H and O–H groups in total. The zero-order valence-corrected chi connectivity index (χ0v) is 14.0. The molecule has 0 atom stereocenters. The van der Waals surface area contributed by atoms with Gasteiger partial charge >= 0.3 is 0 Å². The Morgan fingerprint density at radius 1 is 1.22 bits per heavy atom. The molecule has 8 heteroatoms. The van der Waals surface area contributed by atoms with Crippen LogP contribution in [-0.4, -0.2) is 45.2 Å². The Kier molecular flexibility index (Phi) is 4.85. The number of methoxy groups -OCH3 is 1. The van der Waals surface area contributed by atoms with Crippen molar-refractivity contribution in [3.8, 4) is 11.6 Å². The van der Waals surface area contributed by atoms with E-state index < -0.39 is 0 Å². The molecule has 0 aliphatic rings. The Morgan fingerprint density at radius 2 is 2.09 bits per heavy atom. The van der Waals surface area contributed by atoms with E-state index in [9.17, 15) is 5.11 Å². The van der Waals surface area contributed by atoms with Crippen molar-refractivity contribution < 1.29 is 14.6 Å². The molecule has 3 aromatic rings. The minimum Gasteiger partial charge on any atom is -0.490 e. The van der Waals surface area contributed by atoms with Gasteiger partial charge in [0, 0.05) is 11.6 Å². The average Bonchev–Trinajstić information content (AvgIpc) is 2.99. The van der Waals surface area contributed by atoms with Crippen LogP contribution in [0.25, 0.3) is 16.7 Å². The third-order valence-corrected chi connectivity index (χ3v) is 3.67. The lowest BCUT2D eigenvalue weighted by Crippen LogP contribution is -2.05. The van der Waals surface area contributed by atoms with Crippen molar-refractivity contribution in [3.63, 3.8) is 0 Å². The number of halogens is 1. The molecule has 120 valence electrons. The second-order valence-corrected chi connectivity index (χ2v) is 5.68. The number of benzene rings is 1. The summed E-state index contributed by atoms with van der Waals surface area (Å²) in [4.78, 5) is 8.41. The van der Waals surface area contributed by atoms with E-state index >= 15 is 0 Å². The van der Waals surface area contributed by atoms with Gasteiger partial charge in [-0.2, -0.15) is 5.10 Å². The highest BCUT2D eigenvalue weighted by atomic mass is 79.9. The second-order valence-electron chi connectivity index (χ2n) is 4.76. The Morgan fingerprint density at radius 3 is 2.87 bits per heavy atom. The zero-order chi connectivity index (χ0) is 16.2. The molecule has 0 radical (unpaired) electrons. The van der Waals surface area contributed by atoms with Gasteiger partial charge in [-0.3, -0.25) is 4.98 Å². The van der Waals surface area contributed by atoms with Gasteiger partial charge in [-0.05, 0) is 12.1 Å². The van der Waals surface area contributed by atoms with Crippen LogP contribution in [0.5, 0.6) is 5.75 Å². The number of nitrogens with zero attached hydrogens (tertiary/aromatic N) is 4. The molecule has 0 aliphatic heterocycles. The first kappa shape index (κ1) is 15.9. The van der Waals surface area contributed by atoms with E-state index in [0.29, 0.717) is 30.5 Å². The van der Waals surface area contributed by atoms with Gasteiger partial charge in [-0.15, -0.1) is 0 Å². The van der Waals surface area contributed by atoms with Crippen molar-refractivity contribution in [2.75, 3.05) is 20.3 Å². The van der Waals surface area contributed by atoms with Gasteiger partial charge in [0.15, 0.2) is 5.82 Å². The normalized spacial score (nSPS) is 11.1. The number of rotatable bonds is 6. The van der Waals surface area contributed by atoms with Crippen LogP contribution in [0.4, 0.5) is 0 Å². The van der Waals surface area contributed by atoms with Crippen LogP contribution in [0, 0.1) is 0 Å². The Balaban J connectivity index is 2.05. The number of ether oxygens (including phenoxy) is 2. The highest BCUT2D eigenvalue weighted by Gasteiger charge is 2.13. The quantitative estimate of drug-likeness (QED) is 0.661. The summed E-state index contributed by atoms with van der Waals surface area (Å²) in [5, 5.41) is 14.4. The number of hydrogen-bond acceptors (Lipinski definition) is 6. The van der Waals surface area contributed by atoms with Gasteiger partial charge in [0.25, 0.3) is 0 Å². The van der Waals surface area contributed by atoms with E-state index in [2.05, 4.69) is 31.0 Å². The molecule has 2 heterocycles. The highest BCUT2D eigenvalue weighted by molar-refractivity contribution is 9.10. The van der Waals surface area contributed by atoms with Crippen LogP contribution >= 0.6 is 15.9 Å². The summed E-state index contributed by atoms with van der Waals surface area (Å²) in [5.74, 6) is 1.25. The van der Waals surface area contributed by atoms with E-state index in [1.165, 1.54) is 6.20 Å². The number of fused-ring (bicyclic) bond motifs is 1. The molecule has 0 aliphatic carbocycles. The first-order chi connectivity index (χ1) is 11.2. The maximum atomic E-state index is 9.21. The molecule has 1 aromatic carbocycles. The van der Waals surface area contributed by atoms with Crippen molar-refractivity contribution in [2.45, 2.75) is 6.61 Å². The summed E-state index contributed by atoms with van der Waals surface area (Å²) < 4.78 is 13.3. The van der Waals surface area contributed by atoms with Gasteiger partial charge in [-0.1, -0.05) is 15.9 Å². The number of hydrogen-bond donors (Lipinski definition) is 1. The molecular weight excluding hydrogens is 364 g/mol. The fourth-order valence-electron chi connectivity index (χ4n) is 2.17. The molecule has 3 rings (SSSR count). The Hall–Kier alpha value is -2.03. The summed E-state index contributed by atoms with van der Waals surface area (Å²) in [6.45, 7) is 0.786. The topological polar surface area (TPSA) is 82.3 Å². The fourth-order valence-corrected chi connectivity index (χ4v) is 2.60. The van der Waals surface area contributed by atoms with E-state index in [4.69, 9.17) is 9.47 Å². The molecule has 7 nitrogen and oxygen atoms in total. The third kappa shape index (κ3) is 3.34. The fraction of sp³-hybridized carbons (Fsp3) is 0.267. The molecule has 0 spiro atoms. The van der Waals surface area contributed by atoms with Gasteiger partial charge in [0.1, 0.15) is 12.4 Å². The maximum Gasteiger partial charge on any atom is 0.172 e. The average molecular weight is 379 g/mol. The van der Waals surface area contributed by atoms with Gasteiger partial charge in [0.2, 0.25) is 0 Å². The molecule has 0 unspecified atom stereocenters. The molecule has 0 saturated heterocycles. The molecule has 0 saturated carbocycles. The third-order valence-electron chi connectivity index (χ3n) is 3.21. The largest absolute Gasteiger partial charge is 0.490 e. The first-order valence-electron chi connectivity index (χ1n) is 6.94. The second kappa shape index (κ2) is 7.03. The van der Waals surface area contributed by atoms with E-state index in [1.807, 2.05) is 12.1 Å². The van der Waals surface area contributed by atoms with Crippen molar-refractivity contribution in [3.05, 3.63) is 40.9 Å². The van der Waals surface area contributed by atoms with Gasteiger partial charge < -0.3 is 14.6 Å². The zero-order valence-electron chi connectivity index (χ0n) is 12.4. The molecule has 0 amide bonds. The lowest BCUT2D eigenvalue weighted by molar-refractivity contribution is 0.147. The Labute approximate surface area is 141 Å². The minimum atomic E-state index is -0.172. The van der Waals surface area contributed by atoms with Crippen molar-refractivity contribution in [2.24, 2.45) is 0 Å². The van der Waals surface area contributed by atoms with Crippen LogP contribution in [0.15, 0.2) is 35.2 Å². The van der Waals surface area contributed by atoms with Crippen molar-refractivity contribution in [1.82, 2.24) is 19.7 Å². The lowest BCUT2D eigenvalue weighted by Gasteiger charge is -2.08. The van der Waals surface area contributed by atoms with Crippen LogP contribution in [-0.2, 0) is 11.3 Å². The molecule has 2 aromatic heterocycles. The number of aliphatic hydroxyl groups is 1. The van der Waals surface area contributed by atoms with Crippen LogP contribution in [0.2, 0.25) is 0 Å². The summed E-state index contributed by atoms with van der Waals surface area (Å²) in [7, 11) is 1.63.